The van der Waals surface area contributed by atoms with E-state index in [2.05, 4.69) is 4.98 Å². The molecule has 3 rings (SSSR count). The lowest BCUT2D eigenvalue weighted by Gasteiger charge is -2.28. The molecule has 3 nitrogen and oxygen atoms in total. The van der Waals surface area contributed by atoms with E-state index in [4.69, 9.17) is 0 Å². The van der Waals surface area contributed by atoms with Crippen LogP contribution in [0.5, 0.6) is 0 Å². The summed E-state index contributed by atoms with van der Waals surface area (Å²) in [6, 6.07) is 7.20. The minimum absolute atomic E-state index is 0.0774. The molecule has 1 heterocycles. The fraction of sp³-hybridized carbons (Fsp3) is 0.312. The van der Waals surface area contributed by atoms with Crippen molar-refractivity contribution in [2.24, 2.45) is 0 Å². The number of fused-ring (bicyclic) bond motifs is 1. The molecule has 0 bridgehead atoms. The zero-order chi connectivity index (χ0) is 15.0. The fourth-order valence-corrected chi connectivity index (χ4v) is 2.91. The average molecular weight is 291 g/mol. The Bertz CT molecular complexity index is 677. The van der Waals surface area contributed by atoms with Crippen LogP contribution in [0.25, 0.3) is 0 Å². The topological polar surface area (TPSA) is 53.4 Å². The molecule has 0 spiro atoms. The zero-order valence-electron chi connectivity index (χ0n) is 11.3. The monoisotopic (exact) mass is 291 g/mol. The SMILES string of the molecule is O[C@@H]1CC[C@@](O)(c2cccc(F)c2F)Cc2cccnc21. The summed E-state index contributed by atoms with van der Waals surface area (Å²) in [5.41, 5.74) is -0.494. The minimum Gasteiger partial charge on any atom is -0.387 e. The van der Waals surface area contributed by atoms with Crippen molar-refractivity contribution in [2.45, 2.75) is 31.0 Å². The zero-order valence-corrected chi connectivity index (χ0v) is 11.3. The standard InChI is InChI=1S/C16H15F2NO2/c17-12-5-1-4-11(14(12)18)16(21)7-6-13(20)15-10(9-16)3-2-8-19-15/h1-5,8,13,20-21H,6-7,9H2/t13-,16+/m1/s1. The van der Waals surface area contributed by atoms with Crippen molar-refractivity contribution in [3.8, 4) is 0 Å². The first kappa shape index (κ1) is 14.1. The third kappa shape index (κ3) is 2.43. The van der Waals surface area contributed by atoms with Crippen LogP contribution < -0.4 is 0 Å². The molecule has 0 amide bonds. The predicted molar refractivity (Wildman–Crippen MR) is 72.4 cm³/mol. The molecular formula is C16H15F2NO2. The first-order valence-corrected chi connectivity index (χ1v) is 6.80. The summed E-state index contributed by atoms with van der Waals surface area (Å²) in [7, 11) is 0. The van der Waals surface area contributed by atoms with Crippen LogP contribution >= 0.6 is 0 Å². The van der Waals surface area contributed by atoms with Crippen LogP contribution in [0.4, 0.5) is 8.78 Å². The number of pyridine rings is 1. The van der Waals surface area contributed by atoms with Crippen LogP contribution in [-0.4, -0.2) is 15.2 Å². The lowest BCUT2D eigenvalue weighted by Crippen LogP contribution is -2.29. The maximum Gasteiger partial charge on any atom is 0.164 e. The highest BCUT2D eigenvalue weighted by molar-refractivity contribution is 5.32. The van der Waals surface area contributed by atoms with Crippen molar-refractivity contribution >= 4 is 0 Å². The van der Waals surface area contributed by atoms with Crippen LogP contribution in [0.2, 0.25) is 0 Å². The van der Waals surface area contributed by atoms with Crippen LogP contribution in [0.15, 0.2) is 36.5 Å². The van der Waals surface area contributed by atoms with Gasteiger partial charge in [-0.2, -0.15) is 0 Å². The van der Waals surface area contributed by atoms with Gasteiger partial charge in [0.1, 0.15) is 0 Å². The number of halogens is 2. The number of aliphatic hydroxyl groups excluding tert-OH is 1. The number of hydrogen-bond acceptors (Lipinski definition) is 3. The van der Waals surface area contributed by atoms with Gasteiger partial charge in [-0.1, -0.05) is 18.2 Å². The third-order valence-corrected chi connectivity index (χ3v) is 4.01. The van der Waals surface area contributed by atoms with E-state index in [1.807, 2.05) is 0 Å². The van der Waals surface area contributed by atoms with Crippen molar-refractivity contribution in [1.29, 1.82) is 0 Å². The number of nitrogens with zero attached hydrogens (tertiary/aromatic N) is 1. The molecule has 110 valence electrons. The van der Waals surface area contributed by atoms with Crippen LogP contribution in [0.1, 0.15) is 35.8 Å². The second kappa shape index (κ2) is 5.16. The van der Waals surface area contributed by atoms with E-state index >= 15 is 0 Å². The molecule has 1 aromatic heterocycles. The van der Waals surface area contributed by atoms with Gasteiger partial charge in [0.25, 0.3) is 0 Å². The van der Waals surface area contributed by atoms with E-state index in [0.29, 0.717) is 11.3 Å². The van der Waals surface area contributed by atoms with Gasteiger partial charge >= 0.3 is 0 Å². The van der Waals surface area contributed by atoms with Crippen molar-refractivity contribution in [2.75, 3.05) is 0 Å². The molecule has 1 aromatic carbocycles. The van der Waals surface area contributed by atoms with Crippen molar-refractivity contribution in [3.05, 3.63) is 65.0 Å². The Kier molecular flexibility index (Phi) is 3.47. The Morgan fingerprint density at radius 3 is 2.81 bits per heavy atom. The molecule has 0 fully saturated rings. The highest BCUT2D eigenvalue weighted by Gasteiger charge is 2.37. The van der Waals surface area contributed by atoms with E-state index < -0.39 is 23.3 Å². The Labute approximate surface area is 120 Å². The van der Waals surface area contributed by atoms with E-state index in [-0.39, 0.29) is 24.8 Å². The van der Waals surface area contributed by atoms with Gasteiger partial charge in [0.05, 0.1) is 17.4 Å². The summed E-state index contributed by atoms with van der Waals surface area (Å²) in [4.78, 5) is 4.13. The molecule has 0 saturated carbocycles. The van der Waals surface area contributed by atoms with Gasteiger partial charge in [0.2, 0.25) is 0 Å². The second-order valence-corrected chi connectivity index (χ2v) is 5.41. The van der Waals surface area contributed by atoms with Gasteiger partial charge in [0.15, 0.2) is 11.6 Å². The number of benzene rings is 1. The normalized spacial score (nSPS) is 25.2. The quantitative estimate of drug-likeness (QED) is 0.794. The van der Waals surface area contributed by atoms with E-state index in [9.17, 15) is 19.0 Å². The second-order valence-electron chi connectivity index (χ2n) is 5.41. The first-order valence-electron chi connectivity index (χ1n) is 6.80. The van der Waals surface area contributed by atoms with Crippen molar-refractivity contribution < 1.29 is 19.0 Å². The smallest absolute Gasteiger partial charge is 0.164 e. The van der Waals surface area contributed by atoms with Gasteiger partial charge in [0, 0.05) is 18.2 Å². The number of rotatable bonds is 1. The summed E-state index contributed by atoms with van der Waals surface area (Å²) in [6.07, 6.45) is 1.20. The largest absolute Gasteiger partial charge is 0.387 e. The number of aromatic nitrogens is 1. The summed E-state index contributed by atoms with van der Waals surface area (Å²) in [5.74, 6) is -2.03. The lowest BCUT2D eigenvalue weighted by atomic mass is 9.85. The highest BCUT2D eigenvalue weighted by Crippen LogP contribution is 2.39. The van der Waals surface area contributed by atoms with E-state index in [1.54, 1.807) is 18.3 Å². The molecule has 2 atom stereocenters. The molecular weight excluding hydrogens is 276 g/mol. The Morgan fingerprint density at radius 2 is 2.00 bits per heavy atom. The minimum atomic E-state index is -1.55. The van der Waals surface area contributed by atoms with Gasteiger partial charge in [-0.3, -0.25) is 4.98 Å². The van der Waals surface area contributed by atoms with Gasteiger partial charge < -0.3 is 10.2 Å². The Morgan fingerprint density at radius 1 is 1.19 bits per heavy atom. The number of aliphatic hydroxyl groups is 2. The first-order chi connectivity index (χ1) is 10.0. The number of hydrogen-bond donors (Lipinski definition) is 2. The molecule has 0 radical (unpaired) electrons. The molecule has 0 unspecified atom stereocenters. The summed E-state index contributed by atoms with van der Waals surface area (Å²) in [5, 5.41) is 20.9. The molecule has 21 heavy (non-hydrogen) atoms. The third-order valence-electron chi connectivity index (χ3n) is 4.01. The van der Waals surface area contributed by atoms with Crippen molar-refractivity contribution in [1.82, 2.24) is 4.98 Å². The molecule has 5 heteroatoms. The highest BCUT2D eigenvalue weighted by atomic mass is 19.2. The van der Waals surface area contributed by atoms with Gasteiger partial charge in [-0.05, 0) is 30.5 Å². The molecule has 0 aliphatic heterocycles. The summed E-state index contributed by atoms with van der Waals surface area (Å²) < 4.78 is 27.5. The molecule has 1 aliphatic carbocycles. The summed E-state index contributed by atoms with van der Waals surface area (Å²) in [6.45, 7) is 0. The maximum atomic E-state index is 14.0. The molecule has 0 saturated heterocycles. The van der Waals surface area contributed by atoms with E-state index in [0.717, 1.165) is 6.07 Å². The average Bonchev–Trinajstić information content (AvgIpc) is 2.60. The van der Waals surface area contributed by atoms with Gasteiger partial charge in [-0.15, -0.1) is 0 Å². The summed E-state index contributed by atoms with van der Waals surface area (Å²) >= 11 is 0. The molecule has 2 aromatic rings. The van der Waals surface area contributed by atoms with Crippen LogP contribution in [0, 0.1) is 11.6 Å². The molecule has 2 N–H and O–H groups in total. The van der Waals surface area contributed by atoms with E-state index in [1.165, 1.54) is 12.1 Å². The maximum absolute atomic E-state index is 14.0. The van der Waals surface area contributed by atoms with Crippen molar-refractivity contribution in [3.63, 3.8) is 0 Å². The van der Waals surface area contributed by atoms with Gasteiger partial charge in [-0.25, -0.2) is 8.78 Å². The predicted octanol–water partition coefficient (Wildman–Crippen LogP) is 2.62. The van der Waals surface area contributed by atoms with Crippen LogP contribution in [-0.2, 0) is 12.0 Å². The fourth-order valence-electron chi connectivity index (χ4n) is 2.91. The Hall–Kier alpha value is -1.85. The molecule has 1 aliphatic rings. The van der Waals surface area contributed by atoms with Crippen LogP contribution in [0.3, 0.4) is 0 Å². The lowest BCUT2D eigenvalue weighted by molar-refractivity contribution is 0.0143. The Balaban J connectivity index is 2.09.